The van der Waals surface area contributed by atoms with Gasteiger partial charge in [-0.15, -0.1) is 6.58 Å². The van der Waals surface area contributed by atoms with Gasteiger partial charge in [0, 0.05) is 6.42 Å². The number of benzene rings is 1. The lowest BCUT2D eigenvalue weighted by atomic mass is 10.0. The van der Waals surface area contributed by atoms with Crippen molar-refractivity contribution in [3.8, 4) is 0 Å². The normalized spacial score (nSPS) is 11.7. The van der Waals surface area contributed by atoms with Gasteiger partial charge in [-0.1, -0.05) is 23.7 Å². The average molecular weight is 300 g/mol. The first-order valence-corrected chi connectivity index (χ1v) is 6.39. The van der Waals surface area contributed by atoms with Crippen molar-refractivity contribution in [2.24, 2.45) is 0 Å². The van der Waals surface area contributed by atoms with Crippen LogP contribution in [-0.4, -0.2) is 17.0 Å². The Hall–Kier alpha value is -1.88. The smallest absolute Gasteiger partial charge is 0.305 e. The standard InChI is InChI=1S/C14H15ClFNO3/c1-2-3-4-13(18)17-12(8-14(19)20)9-5-6-10(15)11(16)7-9/h2,5-7,12H,1,3-4,8H2,(H,17,18)(H,19,20)/t12-/m1/s1. The lowest BCUT2D eigenvalue weighted by molar-refractivity contribution is -0.137. The summed E-state index contributed by atoms with van der Waals surface area (Å²) in [7, 11) is 0. The van der Waals surface area contributed by atoms with Gasteiger partial charge in [0.1, 0.15) is 5.82 Å². The Morgan fingerprint density at radius 2 is 2.20 bits per heavy atom. The molecule has 108 valence electrons. The number of halogens is 2. The van der Waals surface area contributed by atoms with E-state index in [4.69, 9.17) is 16.7 Å². The van der Waals surface area contributed by atoms with Crippen molar-refractivity contribution in [2.75, 3.05) is 0 Å². The largest absolute Gasteiger partial charge is 0.481 e. The minimum atomic E-state index is -1.09. The lowest BCUT2D eigenvalue weighted by Gasteiger charge is -2.17. The summed E-state index contributed by atoms with van der Waals surface area (Å²) >= 11 is 5.58. The highest BCUT2D eigenvalue weighted by atomic mass is 35.5. The molecule has 0 aromatic heterocycles. The number of allylic oxidation sites excluding steroid dienone is 1. The number of hydrogen-bond acceptors (Lipinski definition) is 2. The van der Waals surface area contributed by atoms with E-state index in [9.17, 15) is 14.0 Å². The molecule has 1 atom stereocenters. The number of hydrogen-bond donors (Lipinski definition) is 2. The molecule has 1 rings (SSSR count). The SMILES string of the molecule is C=CCCC(=O)N[C@H](CC(=O)O)c1ccc(Cl)c(F)c1. The van der Waals surface area contributed by atoms with Gasteiger partial charge in [-0.25, -0.2) is 4.39 Å². The van der Waals surface area contributed by atoms with Gasteiger partial charge in [0.2, 0.25) is 5.91 Å². The Bertz CT molecular complexity index is 519. The fourth-order valence-corrected chi connectivity index (χ4v) is 1.77. The second-order valence-electron chi connectivity index (χ2n) is 4.22. The zero-order valence-electron chi connectivity index (χ0n) is 10.7. The van der Waals surface area contributed by atoms with Crippen molar-refractivity contribution < 1.29 is 19.1 Å². The maximum Gasteiger partial charge on any atom is 0.305 e. The Morgan fingerprint density at radius 3 is 2.75 bits per heavy atom. The van der Waals surface area contributed by atoms with Crippen LogP contribution in [0.25, 0.3) is 0 Å². The Morgan fingerprint density at radius 1 is 1.50 bits per heavy atom. The molecule has 0 aliphatic heterocycles. The number of carboxylic acids is 1. The topological polar surface area (TPSA) is 66.4 Å². The van der Waals surface area contributed by atoms with Crippen molar-refractivity contribution in [3.05, 3.63) is 47.3 Å². The van der Waals surface area contributed by atoms with E-state index < -0.39 is 17.8 Å². The summed E-state index contributed by atoms with van der Waals surface area (Å²) in [5.74, 6) is -2.05. The zero-order chi connectivity index (χ0) is 15.1. The van der Waals surface area contributed by atoms with Crippen LogP contribution in [0, 0.1) is 5.82 Å². The van der Waals surface area contributed by atoms with E-state index in [1.165, 1.54) is 12.1 Å². The zero-order valence-corrected chi connectivity index (χ0v) is 11.5. The molecule has 1 aromatic carbocycles. The van der Waals surface area contributed by atoms with Crippen LogP contribution < -0.4 is 5.32 Å². The van der Waals surface area contributed by atoms with Gasteiger partial charge in [-0.3, -0.25) is 9.59 Å². The molecule has 4 nitrogen and oxygen atoms in total. The van der Waals surface area contributed by atoms with E-state index in [0.29, 0.717) is 12.0 Å². The van der Waals surface area contributed by atoms with E-state index in [0.717, 1.165) is 6.07 Å². The third-order valence-electron chi connectivity index (χ3n) is 2.64. The van der Waals surface area contributed by atoms with Gasteiger partial charge in [0.05, 0.1) is 17.5 Å². The molecule has 0 radical (unpaired) electrons. The molecule has 0 unspecified atom stereocenters. The van der Waals surface area contributed by atoms with Gasteiger partial charge in [0.15, 0.2) is 0 Å². The second kappa shape index (κ2) is 7.65. The molecule has 0 spiro atoms. The number of amides is 1. The molecule has 0 saturated heterocycles. The molecule has 1 aromatic rings. The predicted molar refractivity (Wildman–Crippen MR) is 74.0 cm³/mol. The maximum atomic E-state index is 13.4. The molecule has 6 heteroatoms. The molecule has 20 heavy (non-hydrogen) atoms. The van der Waals surface area contributed by atoms with Crippen LogP contribution in [0.3, 0.4) is 0 Å². The van der Waals surface area contributed by atoms with E-state index in [2.05, 4.69) is 11.9 Å². The molecule has 0 bridgehead atoms. The van der Waals surface area contributed by atoms with Crippen LogP contribution in [0.2, 0.25) is 5.02 Å². The number of carbonyl (C=O) groups is 2. The van der Waals surface area contributed by atoms with Crippen molar-refractivity contribution in [3.63, 3.8) is 0 Å². The molecule has 0 heterocycles. The first-order valence-electron chi connectivity index (χ1n) is 6.01. The Labute approximate surface area is 121 Å². The molecule has 0 aliphatic carbocycles. The lowest BCUT2D eigenvalue weighted by Crippen LogP contribution is -2.30. The van der Waals surface area contributed by atoms with Crippen LogP contribution >= 0.6 is 11.6 Å². The highest BCUT2D eigenvalue weighted by molar-refractivity contribution is 6.30. The molecular formula is C14H15ClFNO3. The van der Waals surface area contributed by atoms with Gasteiger partial charge in [0.25, 0.3) is 0 Å². The summed E-state index contributed by atoms with van der Waals surface area (Å²) in [6.07, 6.45) is 1.95. The van der Waals surface area contributed by atoms with Crippen LogP contribution in [-0.2, 0) is 9.59 Å². The van der Waals surface area contributed by atoms with Crippen molar-refractivity contribution in [1.29, 1.82) is 0 Å². The van der Waals surface area contributed by atoms with E-state index >= 15 is 0 Å². The molecular weight excluding hydrogens is 285 g/mol. The number of carboxylic acid groups (broad SMARTS) is 1. The third kappa shape index (κ3) is 5.01. The third-order valence-corrected chi connectivity index (χ3v) is 2.94. The molecule has 0 saturated carbocycles. The molecule has 0 fully saturated rings. The fraction of sp³-hybridized carbons (Fsp3) is 0.286. The van der Waals surface area contributed by atoms with E-state index in [1.54, 1.807) is 6.08 Å². The van der Waals surface area contributed by atoms with E-state index in [1.807, 2.05) is 0 Å². The summed E-state index contributed by atoms with van der Waals surface area (Å²) in [6.45, 7) is 3.50. The maximum absolute atomic E-state index is 13.4. The number of aliphatic carboxylic acids is 1. The summed E-state index contributed by atoms with van der Waals surface area (Å²) in [5, 5.41) is 11.4. The van der Waals surface area contributed by atoms with Gasteiger partial charge in [-0.2, -0.15) is 0 Å². The van der Waals surface area contributed by atoms with Gasteiger partial charge < -0.3 is 10.4 Å². The number of carbonyl (C=O) groups excluding carboxylic acids is 1. The first-order chi connectivity index (χ1) is 9.43. The summed E-state index contributed by atoms with van der Waals surface area (Å²) in [6, 6.07) is 3.16. The quantitative estimate of drug-likeness (QED) is 0.760. The summed E-state index contributed by atoms with van der Waals surface area (Å²) in [5.41, 5.74) is 0.362. The molecule has 2 N–H and O–H groups in total. The minimum absolute atomic E-state index is 0.0548. The highest BCUT2D eigenvalue weighted by Gasteiger charge is 2.19. The van der Waals surface area contributed by atoms with Crippen LogP contribution in [0.1, 0.15) is 30.9 Å². The fourth-order valence-electron chi connectivity index (χ4n) is 1.66. The first kappa shape index (κ1) is 16.2. The Balaban J connectivity index is 2.87. The molecule has 1 amide bonds. The monoisotopic (exact) mass is 299 g/mol. The summed E-state index contributed by atoms with van der Waals surface area (Å²) < 4.78 is 13.4. The Kier molecular flexibility index (Phi) is 6.18. The second-order valence-corrected chi connectivity index (χ2v) is 4.63. The number of nitrogens with one attached hydrogen (secondary N) is 1. The van der Waals surface area contributed by atoms with E-state index in [-0.39, 0.29) is 23.8 Å². The average Bonchev–Trinajstić information content (AvgIpc) is 2.38. The summed E-state index contributed by atoms with van der Waals surface area (Å²) in [4.78, 5) is 22.5. The molecule has 0 aliphatic rings. The van der Waals surface area contributed by atoms with Crippen LogP contribution in [0.15, 0.2) is 30.9 Å². The minimum Gasteiger partial charge on any atom is -0.481 e. The van der Waals surface area contributed by atoms with Crippen molar-refractivity contribution in [2.45, 2.75) is 25.3 Å². The van der Waals surface area contributed by atoms with Crippen LogP contribution in [0.4, 0.5) is 4.39 Å². The van der Waals surface area contributed by atoms with Crippen LogP contribution in [0.5, 0.6) is 0 Å². The number of rotatable bonds is 7. The van der Waals surface area contributed by atoms with Gasteiger partial charge >= 0.3 is 5.97 Å². The van der Waals surface area contributed by atoms with Crippen molar-refractivity contribution >= 4 is 23.5 Å². The highest BCUT2D eigenvalue weighted by Crippen LogP contribution is 2.22. The predicted octanol–water partition coefficient (Wildman–Crippen LogP) is 3.08. The van der Waals surface area contributed by atoms with Gasteiger partial charge in [-0.05, 0) is 24.1 Å². The van der Waals surface area contributed by atoms with Crippen molar-refractivity contribution in [1.82, 2.24) is 5.32 Å².